The van der Waals surface area contributed by atoms with Crippen LogP contribution in [0.4, 0.5) is 11.4 Å². The Balaban J connectivity index is 1.93. The maximum atomic E-state index is 11.4. The first-order valence-electron chi connectivity index (χ1n) is 8.75. The third-order valence-electron chi connectivity index (χ3n) is 3.70. The fourth-order valence-electron chi connectivity index (χ4n) is 2.58. The molecule has 0 fully saturated rings. The molecule has 0 saturated carbocycles. The second-order valence-corrected chi connectivity index (χ2v) is 7.43. The standard InChI is InChI=1S/C18H25ClN4O4/c1-18(2,3)27-17(24)21-11-7-6-10-20-14-12-8-4-5-9-13(12)22-16(19)15(14)23(25)26/h4-5,8-9,17,21,24H,6-7,10-11H2,1-3H3,(H,20,22). The third-order valence-corrected chi connectivity index (χ3v) is 3.96. The van der Waals surface area contributed by atoms with Gasteiger partial charge in [0.1, 0.15) is 5.69 Å². The van der Waals surface area contributed by atoms with Gasteiger partial charge >= 0.3 is 5.69 Å². The van der Waals surface area contributed by atoms with Crippen LogP contribution in [0.2, 0.25) is 5.15 Å². The molecule has 2 aromatic rings. The van der Waals surface area contributed by atoms with Crippen molar-refractivity contribution in [3.05, 3.63) is 39.5 Å². The second kappa shape index (κ2) is 9.27. The van der Waals surface area contributed by atoms with Crippen LogP contribution in [-0.2, 0) is 4.74 Å². The molecule has 2 rings (SSSR count). The summed E-state index contributed by atoms with van der Waals surface area (Å²) in [6.45, 7) is 6.65. The Labute approximate surface area is 163 Å². The number of nitrogens with zero attached hydrogens (tertiary/aromatic N) is 2. The number of rotatable bonds is 9. The predicted octanol–water partition coefficient (Wildman–Crippen LogP) is 3.67. The molecule has 9 heteroatoms. The van der Waals surface area contributed by atoms with Crippen molar-refractivity contribution in [3.63, 3.8) is 0 Å². The molecule has 1 unspecified atom stereocenters. The van der Waals surface area contributed by atoms with Crippen LogP contribution in [0.3, 0.4) is 0 Å². The number of ether oxygens (including phenoxy) is 1. The highest BCUT2D eigenvalue weighted by Crippen LogP contribution is 2.37. The Bertz CT molecular complexity index is 795. The maximum Gasteiger partial charge on any atom is 0.329 e. The smallest absolute Gasteiger partial charge is 0.329 e. The third kappa shape index (κ3) is 6.28. The number of pyridine rings is 1. The molecule has 1 aromatic heterocycles. The van der Waals surface area contributed by atoms with Crippen LogP contribution in [0, 0.1) is 10.1 Å². The highest BCUT2D eigenvalue weighted by Gasteiger charge is 2.23. The molecule has 8 nitrogen and oxygen atoms in total. The molecule has 0 radical (unpaired) electrons. The van der Waals surface area contributed by atoms with Gasteiger partial charge in [0.2, 0.25) is 11.6 Å². The first-order chi connectivity index (χ1) is 12.7. The zero-order chi connectivity index (χ0) is 20.0. The summed E-state index contributed by atoms with van der Waals surface area (Å²) in [4.78, 5) is 15.0. The SMILES string of the molecule is CC(C)(C)OC(O)NCCCCNc1c([N+](=O)[O-])c(Cl)nc2ccccc12. The van der Waals surface area contributed by atoms with Crippen LogP contribution >= 0.6 is 11.6 Å². The molecule has 3 N–H and O–H groups in total. The van der Waals surface area contributed by atoms with E-state index in [-0.39, 0.29) is 10.8 Å². The van der Waals surface area contributed by atoms with Crippen molar-refractivity contribution in [1.29, 1.82) is 0 Å². The van der Waals surface area contributed by atoms with E-state index in [1.54, 1.807) is 24.3 Å². The average molecular weight is 397 g/mol. The minimum atomic E-state index is -1.03. The molecule has 1 heterocycles. The molecule has 0 saturated heterocycles. The molecule has 0 bridgehead atoms. The van der Waals surface area contributed by atoms with Crippen molar-refractivity contribution >= 4 is 33.9 Å². The van der Waals surface area contributed by atoms with Crippen molar-refractivity contribution in [2.75, 3.05) is 18.4 Å². The zero-order valence-electron chi connectivity index (χ0n) is 15.7. The van der Waals surface area contributed by atoms with Crippen LogP contribution in [0.25, 0.3) is 10.9 Å². The molecule has 0 aliphatic rings. The molecular formula is C18H25ClN4O4. The minimum absolute atomic E-state index is 0.134. The van der Waals surface area contributed by atoms with Crippen molar-refractivity contribution in [2.45, 2.75) is 45.6 Å². The predicted molar refractivity (Wildman–Crippen MR) is 106 cm³/mol. The zero-order valence-corrected chi connectivity index (χ0v) is 16.4. The van der Waals surface area contributed by atoms with Crippen molar-refractivity contribution in [3.8, 4) is 0 Å². The van der Waals surface area contributed by atoms with E-state index in [0.717, 1.165) is 12.8 Å². The first-order valence-corrected chi connectivity index (χ1v) is 9.12. The second-order valence-electron chi connectivity index (χ2n) is 7.07. The van der Waals surface area contributed by atoms with Gasteiger partial charge in [-0.05, 0) is 46.2 Å². The van der Waals surface area contributed by atoms with Crippen molar-refractivity contribution < 1.29 is 14.8 Å². The van der Waals surface area contributed by atoms with Gasteiger partial charge in [0.05, 0.1) is 16.0 Å². The minimum Gasteiger partial charge on any atom is -0.379 e. The summed E-state index contributed by atoms with van der Waals surface area (Å²) in [5.41, 5.74) is 0.316. The van der Waals surface area contributed by atoms with Gasteiger partial charge in [-0.3, -0.25) is 15.4 Å². The Morgan fingerprint density at radius 3 is 2.63 bits per heavy atom. The van der Waals surface area contributed by atoms with Crippen LogP contribution in [0.1, 0.15) is 33.6 Å². The number of halogens is 1. The van der Waals surface area contributed by atoms with Crippen LogP contribution in [0.15, 0.2) is 24.3 Å². The van der Waals surface area contributed by atoms with E-state index in [1.165, 1.54) is 0 Å². The lowest BCUT2D eigenvalue weighted by Gasteiger charge is -2.24. The van der Waals surface area contributed by atoms with Gasteiger partial charge in [-0.2, -0.15) is 0 Å². The van der Waals surface area contributed by atoms with Crippen LogP contribution < -0.4 is 10.6 Å². The fraction of sp³-hybridized carbons (Fsp3) is 0.500. The lowest BCUT2D eigenvalue weighted by molar-refractivity contribution is -0.384. The highest BCUT2D eigenvalue weighted by atomic mass is 35.5. The largest absolute Gasteiger partial charge is 0.379 e. The van der Waals surface area contributed by atoms with E-state index in [0.29, 0.717) is 29.7 Å². The van der Waals surface area contributed by atoms with Crippen molar-refractivity contribution in [1.82, 2.24) is 10.3 Å². The normalized spacial score (nSPS) is 12.9. The Morgan fingerprint density at radius 1 is 1.30 bits per heavy atom. The molecule has 1 atom stereocenters. The van der Waals surface area contributed by atoms with E-state index in [4.69, 9.17) is 16.3 Å². The average Bonchev–Trinajstić information content (AvgIpc) is 2.55. The maximum absolute atomic E-state index is 11.4. The molecular weight excluding hydrogens is 372 g/mol. The molecule has 0 aliphatic carbocycles. The number of hydrogen-bond acceptors (Lipinski definition) is 7. The molecule has 1 aromatic carbocycles. The van der Waals surface area contributed by atoms with Crippen LogP contribution in [-0.4, -0.2) is 40.1 Å². The van der Waals surface area contributed by atoms with E-state index in [2.05, 4.69) is 15.6 Å². The number of aromatic nitrogens is 1. The number of hydrogen-bond donors (Lipinski definition) is 3. The van der Waals surface area contributed by atoms with E-state index < -0.39 is 16.9 Å². The monoisotopic (exact) mass is 396 g/mol. The summed E-state index contributed by atoms with van der Waals surface area (Å²) in [5, 5.41) is 27.6. The topological polar surface area (TPSA) is 110 Å². The Hall–Kier alpha value is -2.00. The Morgan fingerprint density at radius 2 is 1.96 bits per heavy atom. The van der Waals surface area contributed by atoms with Gasteiger partial charge in [0, 0.05) is 11.9 Å². The molecule has 27 heavy (non-hydrogen) atoms. The number of benzene rings is 1. The number of aliphatic hydroxyl groups is 1. The number of unbranched alkanes of at least 4 members (excludes halogenated alkanes) is 1. The molecule has 0 amide bonds. The van der Waals surface area contributed by atoms with Gasteiger partial charge in [0.25, 0.3) is 0 Å². The summed E-state index contributed by atoms with van der Waals surface area (Å²) in [6, 6.07) is 7.14. The number of para-hydroxylation sites is 1. The summed E-state index contributed by atoms with van der Waals surface area (Å²) in [5.74, 6) is 0. The summed E-state index contributed by atoms with van der Waals surface area (Å²) < 4.78 is 5.35. The lowest BCUT2D eigenvalue weighted by Crippen LogP contribution is -2.38. The lowest BCUT2D eigenvalue weighted by atomic mass is 10.1. The fourth-order valence-corrected chi connectivity index (χ4v) is 2.84. The van der Waals surface area contributed by atoms with Crippen LogP contribution in [0.5, 0.6) is 0 Å². The van der Waals surface area contributed by atoms with Crippen molar-refractivity contribution in [2.24, 2.45) is 0 Å². The van der Waals surface area contributed by atoms with E-state index in [9.17, 15) is 15.2 Å². The first kappa shape index (κ1) is 21.3. The quantitative estimate of drug-likeness (QED) is 0.195. The number of nitro groups is 1. The van der Waals surface area contributed by atoms with E-state index in [1.807, 2.05) is 20.8 Å². The summed E-state index contributed by atoms with van der Waals surface area (Å²) >= 11 is 6.01. The van der Waals surface area contributed by atoms with Gasteiger partial charge in [-0.1, -0.05) is 29.8 Å². The number of anilines is 1. The molecule has 0 aliphatic heterocycles. The van der Waals surface area contributed by atoms with Gasteiger partial charge < -0.3 is 15.2 Å². The highest BCUT2D eigenvalue weighted by molar-refractivity contribution is 6.33. The summed E-state index contributed by atoms with van der Waals surface area (Å²) in [7, 11) is 0. The Kier molecular flexibility index (Phi) is 7.32. The number of fused-ring (bicyclic) bond motifs is 1. The molecule has 0 spiro atoms. The number of nitrogens with one attached hydrogen (secondary N) is 2. The van der Waals surface area contributed by atoms with Gasteiger partial charge in [-0.25, -0.2) is 4.98 Å². The molecule has 148 valence electrons. The summed E-state index contributed by atoms with van der Waals surface area (Å²) in [6.07, 6.45) is 0.463. The van der Waals surface area contributed by atoms with Gasteiger partial charge in [-0.15, -0.1) is 0 Å². The van der Waals surface area contributed by atoms with E-state index >= 15 is 0 Å². The number of aliphatic hydroxyl groups excluding tert-OH is 1. The van der Waals surface area contributed by atoms with Gasteiger partial charge in [0.15, 0.2) is 0 Å².